The number of hydrogen-bond acceptors (Lipinski definition) is 3. The predicted molar refractivity (Wildman–Crippen MR) is 60.6 cm³/mol. The van der Waals surface area contributed by atoms with Crippen molar-refractivity contribution < 1.29 is 0 Å². The molecule has 0 aliphatic carbocycles. The molecule has 1 fully saturated rings. The zero-order valence-corrected chi connectivity index (χ0v) is 10.2. The van der Waals surface area contributed by atoms with E-state index in [0.717, 1.165) is 36.7 Å². The molecule has 4 nitrogen and oxygen atoms in total. The van der Waals surface area contributed by atoms with Gasteiger partial charge >= 0.3 is 0 Å². The molecule has 0 bridgehead atoms. The third-order valence-corrected chi connectivity index (χ3v) is 2.99. The average Bonchev–Trinajstić information content (AvgIpc) is 2.47. The maximum atomic E-state index is 4.45. The van der Waals surface area contributed by atoms with Gasteiger partial charge in [-0.3, -0.25) is 0 Å². The highest BCUT2D eigenvalue weighted by Crippen LogP contribution is 2.17. The van der Waals surface area contributed by atoms with E-state index >= 15 is 0 Å². The van der Waals surface area contributed by atoms with Gasteiger partial charge in [0.15, 0.2) is 0 Å². The van der Waals surface area contributed by atoms with E-state index in [2.05, 4.69) is 42.3 Å². The van der Waals surface area contributed by atoms with Gasteiger partial charge in [-0.25, -0.2) is 4.98 Å². The first-order chi connectivity index (χ1) is 6.66. The summed E-state index contributed by atoms with van der Waals surface area (Å²) in [6.07, 6.45) is 1.99. The van der Waals surface area contributed by atoms with Gasteiger partial charge in [-0.2, -0.15) is 0 Å². The molecule has 0 unspecified atom stereocenters. The van der Waals surface area contributed by atoms with Crippen LogP contribution in [0.4, 0.5) is 5.95 Å². The zero-order chi connectivity index (χ0) is 10.1. The Labute approximate surface area is 92.6 Å². The van der Waals surface area contributed by atoms with E-state index in [-0.39, 0.29) is 0 Å². The molecule has 2 heterocycles. The number of piperazine rings is 1. The van der Waals surface area contributed by atoms with Crippen LogP contribution in [-0.2, 0) is 7.05 Å². The van der Waals surface area contributed by atoms with E-state index in [1.807, 2.05) is 13.2 Å². The Morgan fingerprint density at radius 3 is 2.36 bits per heavy atom. The fourth-order valence-electron chi connectivity index (χ4n) is 1.72. The van der Waals surface area contributed by atoms with Gasteiger partial charge in [-0.05, 0) is 23.0 Å². The first-order valence-corrected chi connectivity index (χ1v) is 5.58. The molecule has 0 atom stereocenters. The van der Waals surface area contributed by atoms with E-state index in [4.69, 9.17) is 0 Å². The van der Waals surface area contributed by atoms with Gasteiger partial charge < -0.3 is 14.4 Å². The highest BCUT2D eigenvalue weighted by molar-refractivity contribution is 9.10. The molecule has 78 valence electrons. The molecule has 1 saturated heterocycles. The summed E-state index contributed by atoms with van der Waals surface area (Å²) in [4.78, 5) is 9.11. The number of imidazole rings is 1. The lowest BCUT2D eigenvalue weighted by Gasteiger charge is -2.32. The second-order valence-corrected chi connectivity index (χ2v) is 4.58. The number of likely N-dealkylation sites (N-methyl/N-ethyl adjacent to an activating group) is 1. The summed E-state index contributed by atoms with van der Waals surface area (Å²) in [6.45, 7) is 4.36. The van der Waals surface area contributed by atoms with Crippen LogP contribution in [0.2, 0.25) is 0 Å². The lowest BCUT2D eigenvalue weighted by Crippen LogP contribution is -2.45. The largest absolute Gasteiger partial charge is 0.340 e. The molecule has 0 radical (unpaired) electrons. The van der Waals surface area contributed by atoms with Crippen LogP contribution in [0.15, 0.2) is 10.8 Å². The lowest BCUT2D eigenvalue weighted by atomic mass is 10.3. The minimum Gasteiger partial charge on any atom is -0.340 e. The molecule has 0 amide bonds. The Kier molecular flexibility index (Phi) is 2.78. The van der Waals surface area contributed by atoms with Gasteiger partial charge in [0.1, 0.15) is 4.60 Å². The summed E-state index contributed by atoms with van der Waals surface area (Å²) in [5.41, 5.74) is 0. The first-order valence-electron chi connectivity index (χ1n) is 4.79. The van der Waals surface area contributed by atoms with Crippen LogP contribution in [0.3, 0.4) is 0 Å². The third kappa shape index (κ3) is 1.93. The van der Waals surface area contributed by atoms with Crippen molar-refractivity contribution in [3.63, 3.8) is 0 Å². The molecular formula is C9H15BrN4. The van der Waals surface area contributed by atoms with Crippen molar-refractivity contribution in [2.75, 3.05) is 38.1 Å². The second kappa shape index (κ2) is 3.90. The maximum absolute atomic E-state index is 4.45. The molecule has 14 heavy (non-hydrogen) atoms. The van der Waals surface area contributed by atoms with E-state index in [1.54, 1.807) is 0 Å². The Hall–Kier alpha value is -0.550. The van der Waals surface area contributed by atoms with Gasteiger partial charge in [-0.15, -0.1) is 0 Å². The number of nitrogens with zero attached hydrogens (tertiary/aromatic N) is 4. The molecule has 1 aromatic heterocycles. The fraction of sp³-hybridized carbons (Fsp3) is 0.667. The molecule has 1 aliphatic rings. The Balaban J connectivity index is 2.11. The number of aromatic nitrogens is 2. The van der Waals surface area contributed by atoms with Crippen LogP contribution in [0.1, 0.15) is 0 Å². The highest BCUT2D eigenvalue weighted by Gasteiger charge is 2.17. The monoisotopic (exact) mass is 258 g/mol. The molecule has 0 saturated carbocycles. The minimum absolute atomic E-state index is 0.911. The van der Waals surface area contributed by atoms with Gasteiger partial charge in [0, 0.05) is 39.4 Å². The molecular weight excluding hydrogens is 244 g/mol. The normalized spacial score (nSPS) is 18.9. The van der Waals surface area contributed by atoms with Gasteiger partial charge in [-0.1, -0.05) is 0 Å². The Morgan fingerprint density at radius 2 is 1.86 bits per heavy atom. The summed E-state index contributed by atoms with van der Waals surface area (Å²) in [7, 11) is 4.19. The highest BCUT2D eigenvalue weighted by atomic mass is 79.9. The zero-order valence-electron chi connectivity index (χ0n) is 8.57. The number of rotatable bonds is 1. The number of anilines is 1. The lowest BCUT2D eigenvalue weighted by molar-refractivity contribution is 0.310. The van der Waals surface area contributed by atoms with E-state index in [9.17, 15) is 0 Å². The molecule has 0 aromatic carbocycles. The Morgan fingerprint density at radius 1 is 1.21 bits per heavy atom. The van der Waals surface area contributed by atoms with Gasteiger partial charge in [0.05, 0.1) is 0 Å². The average molecular weight is 259 g/mol. The first kappa shape index (κ1) is 9.98. The maximum Gasteiger partial charge on any atom is 0.206 e. The molecule has 5 heteroatoms. The van der Waals surface area contributed by atoms with E-state index < -0.39 is 0 Å². The quantitative estimate of drug-likeness (QED) is 0.750. The Bertz CT molecular complexity index is 315. The third-order valence-electron chi connectivity index (χ3n) is 2.61. The molecule has 1 aromatic rings. The van der Waals surface area contributed by atoms with Crippen LogP contribution >= 0.6 is 15.9 Å². The van der Waals surface area contributed by atoms with Crippen LogP contribution < -0.4 is 4.90 Å². The topological polar surface area (TPSA) is 24.3 Å². The van der Waals surface area contributed by atoms with Crippen LogP contribution in [-0.4, -0.2) is 47.7 Å². The minimum atomic E-state index is 0.911. The number of aryl methyl sites for hydroxylation is 1. The van der Waals surface area contributed by atoms with Crippen molar-refractivity contribution in [1.29, 1.82) is 0 Å². The van der Waals surface area contributed by atoms with Crippen LogP contribution in [0, 0.1) is 0 Å². The van der Waals surface area contributed by atoms with Crippen LogP contribution in [0.25, 0.3) is 0 Å². The summed E-state index contributed by atoms with van der Waals surface area (Å²) in [6, 6.07) is 0. The summed E-state index contributed by atoms with van der Waals surface area (Å²) in [5.74, 6) is 1.06. The van der Waals surface area contributed by atoms with Gasteiger partial charge in [0.2, 0.25) is 5.95 Å². The smallest absolute Gasteiger partial charge is 0.206 e. The summed E-state index contributed by atoms with van der Waals surface area (Å²) >= 11 is 3.39. The van der Waals surface area contributed by atoms with Crippen molar-refractivity contribution >= 4 is 21.9 Å². The fourth-order valence-corrected chi connectivity index (χ4v) is 2.19. The SMILES string of the molecule is CN1CCN(c2nc(Br)cn2C)CC1. The van der Waals surface area contributed by atoms with Crippen molar-refractivity contribution in [1.82, 2.24) is 14.5 Å². The molecule has 1 aliphatic heterocycles. The van der Waals surface area contributed by atoms with Crippen molar-refractivity contribution in [3.05, 3.63) is 10.8 Å². The summed E-state index contributed by atoms with van der Waals surface area (Å²) < 4.78 is 2.98. The van der Waals surface area contributed by atoms with Crippen molar-refractivity contribution in [3.8, 4) is 0 Å². The second-order valence-electron chi connectivity index (χ2n) is 3.76. The van der Waals surface area contributed by atoms with Gasteiger partial charge in [0.25, 0.3) is 0 Å². The van der Waals surface area contributed by atoms with Crippen molar-refractivity contribution in [2.45, 2.75) is 0 Å². The van der Waals surface area contributed by atoms with Crippen LogP contribution in [0.5, 0.6) is 0 Å². The van der Waals surface area contributed by atoms with E-state index in [0.29, 0.717) is 0 Å². The van der Waals surface area contributed by atoms with Crippen molar-refractivity contribution in [2.24, 2.45) is 7.05 Å². The predicted octanol–water partition coefficient (Wildman–Crippen LogP) is 0.934. The standard InChI is InChI=1S/C9H15BrN4/c1-12-3-5-14(6-4-12)9-11-8(10)7-13(9)2/h7H,3-6H2,1-2H3. The summed E-state index contributed by atoms with van der Waals surface area (Å²) in [5, 5.41) is 0. The molecule has 0 N–H and O–H groups in total. The number of halogens is 1. The molecule has 2 rings (SSSR count). The van der Waals surface area contributed by atoms with E-state index in [1.165, 1.54) is 0 Å². The number of hydrogen-bond donors (Lipinski definition) is 0. The molecule has 0 spiro atoms.